The summed E-state index contributed by atoms with van der Waals surface area (Å²) in [5.41, 5.74) is 2.99. The molecule has 2 rings (SSSR count). The van der Waals surface area contributed by atoms with Crippen LogP contribution in [0.25, 0.3) is 0 Å². The van der Waals surface area contributed by atoms with Gasteiger partial charge in [0, 0.05) is 11.3 Å². The third-order valence-electron chi connectivity index (χ3n) is 4.88. The summed E-state index contributed by atoms with van der Waals surface area (Å²) >= 11 is 0. The monoisotopic (exact) mass is 387 g/mol. The lowest BCUT2D eigenvalue weighted by atomic mass is 10.1. The third-order valence-corrected chi connectivity index (χ3v) is 4.88. The van der Waals surface area contributed by atoms with Crippen molar-refractivity contribution < 1.29 is 23.9 Å². The summed E-state index contributed by atoms with van der Waals surface area (Å²) in [4.78, 5) is 13.7. The Labute approximate surface area is 167 Å². The quantitative estimate of drug-likeness (QED) is 0.694. The molecule has 1 unspecified atom stereocenters. The Morgan fingerprint density at radius 2 is 1.71 bits per heavy atom. The molecule has 2 aromatic rings. The van der Waals surface area contributed by atoms with Crippen molar-refractivity contribution in [1.29, 1.82) is 0 Å². The van der Waals surface area contributed by atoms with Gasteiger partial charge in [0.1, 0.15) is 12.3 Å². The van der Waals surface area contributed by atoms with Gasteiger partial charge in [-0.2, -0.15) is 0 Å². The minimum Gasteiger partial charge on any atom is -0.494 e. The van der Waals surface area contributed by atoms with Crippen LogP contribution in [0.4, 0.5) is 5.69 Å². The zero-order valence-electron chi connectivity index (χ0n) is 17.6. The van der Waals surface area contributed by atoms with E-state index < -0.39 is 0 Å². The summed E-state index contributed by atoms with van der Waals surface area (Å²) in [5.74, 6) is 2.17. The number of aryl methyl sites for hydroxylation is 1. The summed E-state index contributed by atoms with van der Waals surface area (Å²) in [7, 11) is 5.26. The van der Waals surface area contributed by atoms with Crippen LogP contribution in [0.3, 0.4) is 0 Å². The van der Waals surface area contributed by atoms with Crippen molar-refractivity contribution in [2.45, 2.75) is 33.4 Å². The summed E-state index contributed by atoms with van der Waals surface area (Å²) in [6.45, 7) is 7.22. The molecule has 0 aliphatic carbocycles. The van der Waals surface area contributed by atoms with Crippen LogP contribution in [0, 0.1) is 6.92 Å². The van der Waals surface area contributed by atoms with Gasteiger partial charge in [-0.05, 0) is 62.7 Å². The van der Waals surface area contributed by atoms with Crippen LogP contribution in [0.1, 0.15) is 25.0 Å². The Hall–Kier alpha value is -2.73. The highest BCUT2D eigenvalue weighted by Gasteiger charge is 2.23. The number of nitrogens with one attached hydrogen (secondary N) is 2. The fraction of sp³-hybridized carbons (Fsp3) is 0.409. The lowest BCUT2D eigenvalue weighted by Gasteiger charge is -2.22. The Kier molecular flexibility index (Phi) is 7.70. The molecule has 6 nitrogen and oxygen atoms in total. The Morgan fingerprint density at radius 3 is 2.29 bits per heavy atom. The molecule has 6 heteroatoms. The summed E-state index contributed by atoms with van der Waals surface area (Å²) in [6.07, 6.45) is 0. The molecule has 0 saturated heterocycles. The van der Waals surface area contributed by atoms with Crippen LogP contribution in [0.5, 0.6) is 17.2 Å². The van der Waals surface area contributed by atoms with Crippen LogP contribution in [0.2, 0.25) is 0 Å². The maximum Gasteiger partial charge on any atom is 0.282 e. The number of quaternary nitrogens is 1. The van der Waals surface area contributed by atoms with Crippen molar-refractivity contribution >= 4 is 11.6 Å². The topological polar surface area (TPSA) is 61.2 Å². The first-order valence-corrected chi connectivity index (χ1v) is 9.47. The molecular formula is C22H31N2O4+. The fourth-order valence-electron chi connectivity index (χ4n) is 2.94. The molecular weight excluding hydrogens is 356 g/mol. The molecule has 0 aliphatic rings. The van der Waals surface area contributed by atoms with Gasteiger partial charge >= 0.3 is 0 Å². The molecule has 0 fully saturated rings. The highest BCUT2D eigenvalue weighted by atomic mass is 16.5. The molecule has 2 N–H and O–H groups in total. The van der Waals surface area contributed by atoms with E-state index in [1.807, 2.05) is 64.2 Å². The van der Waals surface area contributed by atoms with Gasteiger partial charge in [-0.25, -0.2) is 0 Å². The number of anilines is 1. The van der Waals surface area contributed by atoms with Gasteiger partial charge < -0.3 is 24.4 Å². The first kappa shape index (κ1) is 21.6. The average molecular weight is 388 g/mol. The minimum absolute atomic E-state index is 0.0280. The molecule has 28 heavy (non-hydrogen) atoms. The normalized spacial score (nSPS) is 12.8. The van der Waals surface area contributed by atoms with E-state index in [0.29, 0.717) is 24.7 Å². The maximum absolute atomic E-state index is 12.7. The predicted molar refractivity (Wildman–Crippen MR) is 111 cm³/mol. The van der Waals surface area contributed by atoms with Gasteiger partial charge in [0.15, 0.2) is 17.5 Å². The van der Waals surface area contributed by atoms with E-state index in [1.165, 1.54) is 0 Å². The molecule has 0 aliphatic heterocycles. The molecule has 0 aromatic heterocycles. The SMILES string of the molecule is CCOc1ccc(NC(=O)[C@@H](C)[NH+](C)Cc2cc(OC)c(OC)cc2C)cc1. The zero-order chi connectivity index (χ0) is 20.7. The smallest absolute Gasteiger partial charge is 0.282 e. The molecule has 0 saturated carbocycles. The van der Waals surface area contributed by atoms with E-state index in [4.69, 9.17) is 14.2 Å². The van der Waals surface area contributed by atoms with E-state index >= 15 is 0 Å². The van der Waals surface area contributed by atoms with E-state index in [9.17, 15) is 4.79 Å². The molecule has 2 aromatic carbocycles. The van der Waals surface area contributed by atoms with Crippen molar-refractivity contribution in [2.75, 3.05) is 33.2 Å². The molecule has 152 valence electrons. The van der Waals surface area contributed by atoms with E-state index in [0.717, 1.165) is 27.5 Å². The number of likely N-dealkylation sites (N-methyl/N-ethyl adjacent to an activating group) is 1. The Bertz CT molecular complexity index is 790. The van der Waals surface area contributed by atoms with Gasteiger partial charge in [0.2, 0.25) is 0 Å². The molecule has 0 spiro atoms. The van der Waals surface area contributed by atoms with Crippen molar-refractivity contribution in [1.82, 2.24) is 0 Å². The highest BCUT2D eigenvalue weighted by Crippen LogP contribution is 2.29. The summed E-state index contributed by atoms with van der Waals surface area (Å²) in [5, 5.41) is 2.97. The van der Waals surface area contributed by atoms with Gasteiger partial charge in [0.25, 0.3) is 5.91 Å². The molecule has 0 bridgehead atoms. The van der Waals surface area contributed by atoms with E-state index in [-0.39, 0.29) is 11.9 Å². The first-order valence-electron chi connectivity index (χ1n) is 9.47. The number of hydrogen-bond acceptors (Lipinski definition) is 4. The lowest BCUT2D eigenvalue weighted by molar-refractivity contribution is -0.907. The number of hydrogen-bond donors (Lipinski definition) is 2. The van der Waals surface area contributed by atoms with Crippen molar-refractivity contribution in [2.24, 2.45) is 0 Å². The Balaban J connectivity index is 2.03. The second kappa shape index (κ2) is 9.99. The number of carbonyl (C=O) groups is 1. The Morgan fingerprint density at radius 1 is 1.11 bits per heavy atom. The predicted octanol–water partition coefficient (Wildman–Crippen LogP) is 2.45. The highest BCUT2D eigenvalue weighted by molar-refractivity contribution is 5.93. The molecule has 0 heterocycles. The number of ether oxygens (including phenoxy) is 3. The minimum atomic E-state index is -0.223. The van der Waals surface area contributed by atoms with Crippen molar-refractivity contribution in [3.05, 3.63) is 47.5 Å². The number of methoxy groups -OCH3 is 2. The largest absolute Gasteiger partial charge is 0.494 e. The molecule has 2 atom stereocenters. The van der Waals surface area contributed by atoms with Crippen molar-refractivity contribution in [3.8, 4) is 17.2 Å². The van der Waals surface area contributed by atoms with E-state index in [1.54, 1.807) is 14.2 Å². The number of amides is 1. The second-order valence-corrected chi connectivity index (χ2v) is 6.83. The number of benzene rings is 2. The second-order valence-electron chi connectivity index (χ2n) is 6.83. The number of carbonyl (C=O) groups excluding carboxylic acids is 1. The zero-order valence-corrected chi connectivity index (χ0v) is 17.6. The standard InChI is InChI=1S/C22H30N2O4/c1-7-28-19-10-8-18(9-11-19)23-22(25)16(3)24(4)14-17-13-21(27-6)20(26-5)12-15(17)2/h8-13,16H,7,14H2,1-6H3,(H,23,25)/p+1/t16-/m1/s1. The average Bonchev–Trinajstić information content (AvgIpc) is 2.70. The van der Waals surface area contributed by atoms with Crippen LogP contribution in [-0.4, -0.2) is 39.8 Å². The molecule has 0 radical (unpaired) electrons. The summed E-state index contributed by atoms with van der Waals surface area (Å²) < 4.78 is 16.2. The first-order chi connectivity index (χ1) is 13.4. The summed E-state index contributed by atoms with van der Waals surface area (Å²) in [6, 6.07) is 11.1. The van der Waals surface area contributed by atoms with Gasteiger partial charge in [0.05, 0.1) is 27.9 Å². The lowest BCUT2D eigenvalue weighted by Crippen LogP contribution is -3.12. The van der Waals surface area contributed by atoms with Crippen LogP contribution >= 0.6 is 0 Å². The number of rotatable bonds is 9. The molecule has 1 amide bonds. The van der Waals surface area contributed by atoms with Gasteiger partial charge in [-0.1, -0.05) is 0 Å². The van der Waals surface area contributed by atoms with Crippen molar-refractivity contribution in [3.63, 3.8) is 0 Å². The van der Waals surface area contributed by atoms with Crippen LogP contribution < -0.4 is 24.4 Å². The van der Waals surface area contributed by atoms with Gasteiger partial charge in [-0.3, -0.25) is 4.79 Å². The third kappa shape index (κ3) is 5.39. The van der Waals surface area contributed by atoms with Gasteiger partial charge in [-0.15, -0.1) is 0 Å². The van der Waals surface area contributed by atoms with E-state index in [2.05, 4.69) is 5.32 Å². The maximum atomic E-state index is 12.7. The fourth-order valence-corrected chi connectivity index (χ4v) is 2.94. The van der Waals surface area contributed by atoms with Crippen LogP contribution in [0.15, 0.2) is 36.4 Å². The van der Waals surface area contributed by atoms with Crippen LogP contribution in [-0.2, 0) is 11.3 Å².